The van der Waals surface area contributed by atoms with Crippen LogP contribution in [0.2, 0.25) is 5.02 Å². The summed E-state index contributed by atoms with van der Waals surface area (Å²) in [6.45, 7) is 1.70. The highest BCUT2D eigenvalue weighted by atomic mass is 35.5. The molecule has 6 nitrogen and oxygen atoms in total. The van der Waals surface area contributed by atoms with Crippen LogP contribution in [0.5, 0.6) is 0 Å². The summed E-state index contributed by atoms with van der Waals surface area (Å²) < 4.78 is 0. The monoisotopic (exact) mass is 293 g/mol. The van der Waals surface area contributed by atoms with Crippen LogP contribution in [0.1, 0.15) is 16.2 Å². The Hall–Kier alpha value is -2.47. The van der Waals surface area contributed by atoms with Crippen LogP contribution < -0.4 is 10.6 Å². The summed E-state index contributed by atoms with van der Waals surface area (Å²) in [6, 6.07) is 7.71. The Morgan fingerprint density at radius 3 is 2.50 bits per heavy atom. The molecule has 0 saturated heterocycles. The van der Waals surface area contributed by atoms with Gasteiger partial charge in [0.15, 0.2) is 0 Å². The number of carbonyl (C=O) groups is 2. The molecule has 0 radical (unpaired) electrons. The molecule has 1 aromatic carbocycles. The lowest BCUT2D eigenvalue weighted by Crippen LogP contribution is -2.20. The highest BCUT2D eigenvalue weighted by Crippen LogP contribution is 2.21. The van der Waals surface area contributed by atoms with Gasteiger partial charge in [-0.05, 0) is 25.1 Å². The van der Waals surface area contributed by atoms with E-state index in [1.165, 1.54) is 6.07 Å². The zero-order chi connectivity index (χ0) is 14.7. The third kappa shape index (κ3) is 3.10. The van der Waals surface area contributed by atoms with Gasteiger partial charge in [-0.3, -0.25) is 0 Å². The summed E-state index contributed by atoms with van der Waals surface area (Å²) in [5.41, 5.74) is 1.20. The van der Waals surface area contributed by atoms with Gasteiger partial charge < -0.3 is 20.7 Å². The first-order valence-electron chi connectivity index (χ1n) is 5.73. The average Bonchev–Trinajstić information content (AvgIpc) is 2.73. The molecule has 0 aliphatic heterocycles. The lowest BCUT2D eigenvalue weighted by Gasteiger charge is -2.08. The minimum atomic E-state index is -1.15. The number of benzene rings is 1. The van der Waals surface area contributed by atoms with E-state index < -0.39 is 12.0 Å². The number of urea groups is 1. The van der Waals surface area contributed by atoms with E-state index in [0.29, 0.717) is 16.4 Å². The molecule has 0 atom stereocenters. The predicted octanol–water partition coefficient (Wildman–Crippen LogP) is 3.32. The molecule has 1 aromatic heterocycles. The zero-order valence-corrected chi connectivity index (χ0v) is 11.3. The van der Waals surface area contributed by atoms with Gasteiger partial charge in [-0.1, -0.05) is 23.7 Å². The normalized spacial score (nSPS) is 10.1. The van der Waals surface area contributed by atoms with Crippen LogP contribution in [0.3, 0.4) is 0 Å². The van der Waals surface area contributed by atoms with Crippen LogP contribution in [-0.2, 0) is 0 Å². The van der Waals surface area contributed by atoms with Gasteiger partial charge in [0.25, 0.3) is 0 Å². The molecule has 0 fully saturated rings. The fourth-order valence-electron chi connectivity index (χ4n) is 1.69. The Morgan fingerprint density at radius 1 is 1.20 bits per heavy atom. The number of amides is 2. The van der Waals surface area contributed by atoms with Crippen molar-refractivity contribution in [2.45, 2.75) is 6.92 Å². The molecule has 0 aliphatic carbocycles. The van der Waals surface area contributed by atoms with E-state index in [0.717, 1.165) is 0 Å². The molecule has 20 heavy (non-hydrogen) atoms. The Morgan fingerprint density at radius 2 is 1.85 bits per heavy atom. The fraction of sp³-hybridized carbons (Fsp3) is 0.0769. The number of carboxylic acids is 1. The van der Waals surface area contributed by atoms with Gasteiger partial charge in [0, 0.05) is 5.69 Å². The predicted molar refractivity (Wildman–Crippen MR) is 76.6 cm³/mol. The van der Waals surface area contributed by atoms with Crippen molar-refractivity contribution in [1.29, 1.82) is 0 Å². The van der Waals surface area contributed by atoms with Crippen molar-refractivity contribution in [2.75, 3.05) is 10.6 Å². The number of H-pyrrole nitrogens is 1. The summed E-state index contributed by atoms with van der Waals surface area (Å²) >= 11 is 5.91. The van der Waals surface area contributed by atoms with Crippen molar-refractivity contribution in [1.82, 2.24) is 4.98 Å². The summed E-state index contributed by atoms with van der Waals surface area (Å²) in [5.74, 6) is -1.15. The largest absolute Gasteiger partial charge is 0.477 e. The second-order valence-corrected chi connectivity index (χ2v) is 4.51. The minimum absolute atomic E-state index is 0.0724. The van der Waals surface area contributed by atoms with Crippen LogP contribution in [0, 0.1) is 6.92 Å². The van der Waals surface area contributed by atoms with Crippen molar-refractivity contribution >= 4 is 35.0 Å². The van der Waals surface area contributed by atoms with Gasteiger partial charge in [0.2, 0.25) is 0 Å². The van der Waals surface area contributed by atoms with Crippen LogP contribution in [-0.4, -0.2) is 22.1 Å². The number of carbonyl (C=O) groups excluding carboxylic acids is 1. The maximum Gasteiger partial charge on any atom is 0.354 e. The van der Waals surface area contributed by atoms with E-state index in [9.17, 15) is 9.59 Å². The molecule has 0 spiro atoms. The number of rotatable bonds is 3. The van der Waals surface area contributed by atoms with E-state index >= 15 is 0 Å². The molecule has 4 N–H and O–H groups in total. The van der Waals surface area contributed by atoms with Crippen molar-refractivity contribution in [3.8, 4) is 0 Å². The van der Waals surface area contributed by atoms with E-state index in [4.69, 9.17) is 16.7 Å². The molecular weight excluding hydrogens is 282 g/mol. The molecule has 0 bridgehead atoms. The molecule has 104 valence electrons. The molecule has 0 aliphatic rings. The van der Waals surface area contributed by atoms with Gasteiger partial charge in [0.05, 0.1) is 16.4 Å². The molecule has 0 unspecified atom stereocenters. The van der Waals surface area contributed by atoms with Crippen LogP contribution in [0.4, 0.5) is 16.2 Å². The third-order valence-corrected chi connectivity index (χ3v) is 2.87. The van der Waals surface area contributed by atoms with Gasteiger partial charge in [-0.2, -0.15) is 0 Å². The summed E-state index contributed by atoms with van der Waals surface area (Å²) in [6.07, 6.45) is 0. The number of aromatic carboxylic acids is 1. The zero-order valence-electron chi connectivity index (χ0n) is 10.5. The van der Waals surface area contributed by atoms with Gasteiger partial charge in [-0.25, -0.2) is 9.59 Å². The van der Waals surface area contributed by atoms with Crippen molar-refractivity contribution in [3.05, 3.63) is 46.7 Å². The number of carboxylic acid groups (broad SMARTS) is 1. The van der Waals surface area contributed by atoms with Crippen molar-refractivity contribution < 1.29 is 14.7 Å². The number of halogens is 1. The highest BCUT2D eigenvalue weighted by Gasteiger charge is 2.15. The van der Waals surface area contributed by atoms with Gasteiger partial charge in [-0.15, -0.1) is 0 Å². The van der Waals surface area contributed by atoms with E-state index in [-0.39, 0.29) is 11.4 Å². The van der Waals surface area contributed by atoms with E-state index in [1.54, 1.807) is 31.2 Å². The van der Waals surface area contributed by atoms with Gasteiger partial charge in [0.1, 0.15) is 5.69 Å². The molecule has 2 aromatic rings. The standard InChI is InChI=1S/C13H12ClN3O3/c1-7-6-10(11(15-7)12(18)19)17-13(20)16-9-5-3-2-4-8(9)14/h2-6,15H,1H3,(H,18,19)(H2,16,17,20). The first kappa shape index (κ1) is 14.0. The lowest BCUT2D eigenvalue weighted by atomic mass is 10.3. The molecule has 1 heterocycles. The fourth-order valence-corrected chi connectivity index (χ4v) is 1.88. The Balaban J connectivity index is 2.13. The molecule has 7 heteroatoms. The maximum atomic E-state index is 11.8. The number of aromatic amines is 1. The van der Waals surface area contributed by atoms with E-state index in [2.05, 4.69) is 15.6 Å². The number of nitrogens with one attached hydrogen (secondary N) is 3. The van der Waals surface area contributed by atoms with Crippen LogP contribution in [0.25, 0.3) is 0 Å². The topological polar surface area (TPSA) is 94.2 Å². The summed E-state index contributed by atoms with van der Waals surface area (Å²) in [4.78, 5) is 25.5. The maximum absolute atomic E-state index is 11.8. The highest BCUT2D eigenvalue weighted by molar-refractivity contribution is 6.33. The number of aromatic nitrogens is 1. The number of para-hydroxylation sites is 1. The summed E-state index contributed by atoms with van der Waals surface area (Å²) in [7, 11) is 0. The van der Waals surface area contributed by atoms with Crippen molar-refractivity contribution in [2.24, 2.45) is 0 Å². The minimum Gasteiger partial charge on any atom is -0.477 e. The average molecular weight is 294 g/mol. The van der Waals surface area contributed by atoms with Crippen LogP contribution in [0.15, 0.2) is 30.3 Å². The van der Waals surface area contributed by atoms with Crippen molar-refractivity contribution in [3.63, 3.8) is 0 Å². The lowest BCUT2D eigenvalue weighted by molar-refractivity contribution is 0.0692. The Labute approximate surface area is 119 Å². The number of hydrogen-bond donors (Lipinski definition) is 4. The van der Waals surface area contributed by atoms with Crippen LogP contribution >= 0.6 is 11.6 Å². The Kier molecular flexibility index (Phi) is 3.95. The number of anilines is 2. The quantitative estimate of drug-likeness (QED) is 0.699. The first-order valence-corrected chi connectivity index (χ1v) is 6.10. The second-order valence-electron chi connectivity index (χ2n) is 4.11. The third-order valence-electron chi connectivity index (χ3n) is 2.54. The molecule has 0 saturated carbocycles. The molecule has 2 amide bonds. The van der Waals surface area contributed by atoms with E-state index in [1.807, 2.05) is 0 Å². The first-order chi connectivity index (χ1) is 9.47. The smallest absolute Gasteiger partial charge is 0.354 e. The number of aryl methyl sites for hydroxylation is 1. The van der Waals surface area contributed by atoms with Gasteiger partial charge >= 0.3 is 12.0 Å². The summed E-state index contributed by atoms with van der Waals surface area (Å²) in [5, 5.41) is 14.4. The number of hydrogen-bond acceptors (Lipinski definition) is 2. The SMILES string of the molecule is Cc1cc(NC(=O)Nc2ccccc2Cl)c(C(=O)O)[nH]1. The Bertz CT molecular complexity index is 667. The second kappa shape index (κ2) is 5.66. The molecule has 2 rings (SSSR count). The molecular formula is C13H12ClN3O3.